The van der Waals surface area contributed by atoms with Gasteiger partial charge in [0.1, 0.15) is 18.6 Å². The highest BCUT2D eigenvalue weighted by molar-refractivity contribution is 5.92. The Balaban J connectivity index is 2.08. The van der Waals surface area contributed by atoms with Crippen LogP contribution in [0.25, 0.3) is 0 Å². The van der Waals surface area contributed by atoms with E-state index >= 15 is 0 Å². The summed E-state index contributed by atoms with van der Waals surface area (Å²) in [5.41, 5.74) is 10.4. The molecule has 0 saturated heterocycles. The van der Waals surface area contributed by atoms with E-state index in [2.05, 4.69) is 20.6 Å². The van der Waals surface area contributed by atoms with Crippen LogP contribution in [-0.2, 0) is 38.6 Å². The molecule has 0 spiro atoms. The first kappa shape index (κ1) is 28.4. The zero-order chi connectivity index (χ0) is 27.5. The first-order valence-corrected chi connectivity index (χ1v) is 11.1. The molecule has 1 aromatic carbocycles. The van der Waals surface area contributed by atoms with Crippen LogP contribution in [0.4, 0.5) is 0 Å². The standard InChI is InChI=1S/C22H29N7O8/c23-21(24)25-8-4-7-13-19(34)29(22(37)28-13)11-16(30)26-14(10-17(31)32)18(33)27-15(20(35)36)9-12-5-2-1-3-6-12/h1-3,5-6,14-15,34H,4,7-11H2,(H,26,30)(H,27,33)(H,28,37)(H,31,32)(H,35,36)(H4,23,24,25)/t14-,15-/m0/s1. The van der Waals surface area contributed by atoms with Crippen molar-refractivity contribution in [1.82, 2.24) is 20.2 Å². The van der Waals surface area contributed by atoms with Crippen molar-refractivity contribution in [3.05, 3.63) is 52.1 Å². The number of hydrogen-bond acceptors (Lipinski definition) is 7. The van der Waals surface area contributed by atoms with E-state index in [-0.39, 0.29) is 31.0 Å². The largest absolute Gasteiger partial charge is 0.493 e. The summed E-state index contributed by atoms with van der Waals surface area (Å²) < 4.78 is 0.705. The minimum absolute atomic E-state index is 0.0752. The minimum atomic E-state index is -1.64. The second-order valence-corrected chi connectivity index (χ2v) is 8.04. The number of carboxylic acids is 2. The maximum absolute atomic E-state index is 12.7. The van der Waals surface area contributed by atoms with E-state index in [4.69, 9.17) is 16.6 Å². The molecule has 2 amide bonds. The van der Waals surface area contributed by atoms with Crippen LogP contribution in [-0.4, -0.2) is 73.2 Å². The van der Waals surface area contributed by atoms with Crippen molar-refractivity contribution < 1.29 is 34.5 Å². The number of guanidine groups is 1. The number of benzene rings is 1. The van der Waals surface area contributed by atoms with Gasteiger partial charge in [-0.05, 0) is 18.4 Å². The second-order valence-electron chi connectivity index (χ2n) is 8.04. The molecule has 0 saturated carbocycles. The van der Waals surface area contributed by atoms with Gasteiger partial charge in [0, 0.05) is 13.0 Å². The van der Waals surface area contributed by atoms with Crippen LogP contribution >= 0.6 is 0 Å². The number of aliphatic imine (C=N–C) groups is 1. The molecule has 0 unspecified atom stereocenters. The molecule has 0 bridgehead atoms. The number of H-pyrrole nitrogens is 1. The van der Waals surface area contributed by atoms with Crippen molar-refractivity contribution >= 4 is 29.7 Å². The maximum Gasteiger partial charge on any atom is 0.329 e. The molecule has 2 atom stereocenters. The van der Waals surface area contributed by atoms with Gasteiger partial charge in [0.05, 0.1) is 12.1 Å². The molecule has 200 valence electrons. The number of nitrogens with zero attached hydrogens (tertiary/aromatic N) is 2. The Kier molecular flexibility index (Phi) is 10.2. The number of nitrogens with two attached hydrogens (primary N) is 2. The molecule has 10 N–H and O–H groups in total. The van der Waals surface area contributed by atoms with Gasteiger partial charge in [0.15, 0.2) is 5.96 Å². The third-order valence-corrected chi connectivity index (χ3v) is 5.14. The number of aryl methyl sites for hydroxylation is 1. The lowest BCUT2D eigenvalue weighted by molar-refractivity contribution is -0.143. The number of aromatic nitrogens is 2. The SMILES string of the molecule is NC(N)=NCCCc1[nH]c(=O)n(CC(=O)N[C@@H](CC(=O)O)C(=O)N[C@@H](Cc2ccccc2)C(=O)O)c1O. The lowest BCUT2D eigenvalue weighted by Crippen LogP contribution is -2.53. The molecule has 15 nitrogen and oxygen atoms in total. The highest BCUT2D eigenvalue weighted by Crippen LogP contribution is 2.14. The van der Waals surface area contributed by atoms with Gasteiger partial charge in [-0.3, -0.25) is 23.9 Å². The van der Waals surface area contributed by atoms with Crippen molar-refractivity contribution in [3.63, 3.8) is 0 Å². The summed E-state index contributed by atoms with van der Waals surface area (Å²) in [7, 11) is 0. The lowest BCUT2D eigenvalue weighted by Gasteiger charge is -2.20. The number of rotatable bonds is 14. The Morgan fingerprint density at radius 3 is 2.32 bits per heavy atom. The summed E-state index contributed by atoms with van der Waals surface area (Å²) >= 11 is 0. The Morgan fingerprint density at radius 2 is 1.73 bits per heavy atom. The number of imidazole rings is 1. The fourth-order valence-corrected chi connectivity index (χ4v) is 3.39. The third kappa shape index (κ3) is 9.04. The van der Waals surface area contributed by atoms with Crippen LogP contribution in [0.5, 0.6) is 5.88 Å². The summed E-state index contributed by atoms with van der Waals surface area (Å²) in [6, 6.07) is 5.41. The van der Waals surface area contributed by atoms with Crippen LogP contribution in [0.15, 0.2) is 40.1 Å². The average Bonchev–Trinajstić information content (AvgIpc) is 3.08. The van der Waals surface area contributed by atoms with Gasteiger partial charge in [-0.1, -0.05) is 30.3 Å². The molecular weight excluding hydrogens is 490 g/mol. The van der Waals surface area contributed by atoms with Crippen LogP contribution < -0.4 is 27.8 Å². The van der Waals surface area contributed by atoms with E-state index in [9.17, 15) is 34.2 Å². The molecule has 0 aliphatic heterocycles. The predicted molar refractivity (Wildman–Crippen MR) is 130 cm³/mol. The summed E-state index contributed by atoms with van der Waals surface area (Å²) in [6.07, 6.45) is -0.353. The quantitative estimate of drug-likeness (QED) is 0.0763. The van der Waals surface area contributed by atoms with E-state index < -0.39 is 60.4 Å². The number of nitrogens with one attached hydrogen (secondary N) is 3. The van der Waals surface area contributed by atoms with Crippen LogP contribution in [0, 0.1) is 0 Å². The van der Waals surface area contributed by atoms with Gasteiger partial charge in [-0.2, -0.15) is 0 Å². The average molecular weight is 520 g/mol. The van der Waals surface area contributed by atoms with Gasteiger partial charge >= 0.3 is 17.6 Å². The van der Waals surface area contributed by atoms with Gasteiger partial charge in [0.25, 0.3) is 0 Å². The van der Waals surface area contributed by atoms with Crippen LogP contribution in [0.2, 0.25) is 0 Å². The number of aromatic hydroxyl groups is 1. The number of carbonyl (C=O) groups excluding carboxylic acids is 2. The first-order chi connectivity index (χ1) is 17.5. The zero-order valence-electron chi connectivity index (χ0n) is 19.7. The minimum Gasteiger partial charge on any atom is -0.493 e. The molecule has 15 heteroatoms. The fraction of sp³-hybridized carbons (Fsp3) is 0.364. The molecular formula is C22H29N7O8. The zero-order valence-corrected chi connectivity index (χ0v) is 19.7. The summed E-state index contributed by atoms with van der Waals surface area (Å²) in [6.45, 7) is -0.492. The Labute approximate surface area is 210 Å². The normalized spacial score (nSPS) is 12.2. The highest BCUT2D eigenvalue weighted by Gasteiger charge is 2.29. The molecule has 0 radical (unpaired) electrons. The van der Waals surface area contributed by atoms with Crippen molar-refractivity contribution in [2.45, 2.75) is 44.3 Å². The number of hydrogen-bond donors (Lipinski definition) is 8. The number of amides is 2. The second kappa shape index (κ2) is 13.3. The molecule has 37 heavy (non-hydrogen) atoms. The van der Waals surface area contributed by atoms with Crippen molar-refractivity contribution in [1.29, 1.82) is 0 Å². The topological polar surface area (TPSA) is 255 Å². The van der Waals surface area contributed by atoms with E-state index in [1.165, 1.54) is 0 Å². The van der Waals surface area contributed by atoms with Crippen molar-refractivity contribution in [2.75, 3.05) is 6.54 Å². The smallest absolute Gasteiger partial charge is 0.329 e. The molecule has 1 heterocycles. The maximum atomic E-state index is 12.7. The Bertz CT molecular complexity index is 1200. The summed E-state index contributed by atoms with van der Waals surface area (Å²) in [5, 5.41) is 33.4. The third-order valence-electron chi connectivity index (χ3n) is 5.14. The van der Waals surface area contributed by atoms with E-state index in [0.29, 0.717) is 16.6 Å². The van der Waals surface area contributed by atoms with Gasteiger partial charge < -0.3 is 42.4 Å². The van der Waals surface area contributed by atoms with Gasteiger partial charge in [0.2, 0.25) is 17.7 Å². The number of aliphatic carboxylic acids is 2. The van der Waals surface area contributed by atoms with E-state index in [0.717, 1.165) is 0 Å². The summed E-state index contributed by atoms with van der Waals surface area (Å²) in [5.74, 6) is -5.40. The van der Waals surface area contributed by atoms with E-state index in [1.54, 1.807) is 30.3 Å². The molecule has 0 aliphatic carbocycles. The van der Waals surface area contributed by atoms with E-state index in [1.807, 2.05) is 0 Å². The Morgan fingerprint density at radius 1 is 1.05 bits per heavy atom. The van der Waals surface area contributed by atoms with Crippen LogP contribution in [0.3, 0.4) is 0 Å². The highest BCUT2D eigenvalue weighted by atomic mass is 16.4. The first-order valence-electron chi connectivity index (χ1n) is 11.1. The number of aromatic amines is 1. The fourth-order valence-electron chi connectivity index (χ4n) is 3.39. The lowest BCUT2D eigenvalue weighted by atomic mass is 10.1. The van der Waals surface area contributed by atoms with Crippen molar-refractivity contribution in [3.8, 4) is 5.88 Å². The molecule has 1 aromatic heterocycles. The predicted octanol–water partition coefficient (Wildman–Crippen LogP) is -2.14. The monoisotopic (exact) mass is 519 g/mol. The van der Waals surface area contributed by atoms with Crippen molar-refractivity contribution in [2.24, 2.45) is 16.5 Å². The van der Waals surface area contributed by atoms with Gasteiger partial charge in [-0.25, -0.2) is 9.59 Å². The molecule has 0 aliphatic rings. The van der Waals surface area contributed by atoms with Gasteiger partial charge in [-0.15, -0.1) is 0 Å². The number of carboxylic acid groups (broad SMARTS) is 2. The number of carbonyl (C=O) groups is 4. The summed E-state index contributed by atoms with van der Waals surface area (Å²) in [4.78, 5) is 66.5. The molecule has 0 fully saturated rings. The Hall–Kier alpha value is -4.82. The molecule has 2 rings (SSSR count). The van der Waals surface area contributed by atoms with Crippen LogP contribution in [0.1, 0.15) is 24.1 Å². The molecule has 2 aromatic rings.